The molecule has 0 atom stereocenters. The van der Waals surface area contributed by atoms with E-state index in [9.17, 15) is 0 Å². The molecule has 1 nitrogen and oxygen atoms in total. The van der Waals surface area contributed by atoms with Crippen molar-refractivity contribution in [3.8, 4) is 0 Å². The average molecular weight is 322 g/mol. The van der Waals surface area contributed by atoms with Crippen LogP contribution in [0, 0.1) is 6.92 Å². The van der Waals surface area contributed by atoms with Crippen molar-refractivity contribution in [1.29, 1.82) is 0 Å². The molecule has 1 heterocycles. The maximum absolute atomic E-state index is 6.40. The van der Waals surface area contributed by atoms with E-state index in [1.807, 2.05) is 0 Å². The highest BCUT2D eigenvalue weighted by molar-refractivity contribution is 6.15. The maximum atomic E-state index is 6.40. The van der Waals surface area contributed by atoms with Crippen LogP contribution in [0.3, 0.4) is 0 Å². The standard InChI is InChI=1S/C24H18O/c1-16-6-4-7-17(14-16)15-19-9-5-11-21-22-13-12-18-8-2-3-10-20(18)24(22)25-23(19)21/h2-14H,15H2,1H3. The van der Waals surface area contributed by atoms with Crippen molar-refractivity contribution < 1.29 is 4.42 Å². The lowest BCUT2D eigenvalue weighted by molar-refractivity contribution is 0.668. The number of hydrogen-bond acceptors (Lipinski definition) is 1. The Morgan fingerprint density at radius 1 is 0.680 bits per heavy atom. The normalized spacial score (nSPS) is 11.6. The van der Waals surface area contributed by atoms with E-state index in [0.29, 0.717) is 0 Å². The van der Waals surface area contributed by atoms with Gasteiger partial charge in [0.25, 0.3) is 0 Å². The summed E-state index contributed by atoms with van der Waals surface area (Å²) in [6.45, 7) is 2.14. The molecule has 0 unspecified atom stereocenters. The molecule has 0 N–H and O–H groups in total. The zero-order valence-electron chi connectivity index (χ0n) is 14.1. The molecule has 0 aliphatic rings. The van der Waals surface area contributed by atoms with Gasteiger partial charge in [-0.15, -0.1) is 0 Å². The highest BCUT2D eigenvalue weighted by atomic mass is 16.3. The van der Waals surface area contributed by atoms with Crippen LogP contribution in [0.15, 0.2) is 83.3 Å². The highest BCUT2D eigenvalue weighted by Crippen LogP contribution is 2.35. The summed E-state index contributed by atoms with van der Waals surface area (Å²) in [5.41, 5.74) is 5.85. The molecular weight excluding hydrogens is 304 g/mol. The monoisotopic (exact) mass is 322 g/mol. The zero-order valence-corrected chi connectivity index (χ0v) is 14.1. The van der Waals surface area contributed by atoms with E-state index in [-0.39, 0.29) is 0 Å². The Morgan fingerprint density at radius 3 is 2.40 bits per heavy atom. The largest absolute Gasteiger partial charge is 0.455 e. The van der Waals surface area contributed by atoms with Gasteiger partial charge in [-0.1, -0.05) is 78.4 Å². The van der Waals surface area contributed by atoms with E-state index in [1.54, 1.807) is 0 Å². The first-order chi connectivity index (χ1) is 12.3. The minimum absolute atomic E-state index is 0.886. The Hall–Kier alpha value is -3.06. The zero-order chi connectivity index (χ0) is 16.8. The van der Waals surface area contributed by atoms with Gasteiger partial charge in [-0.25, -0.2) is 0 Å². The van der Waals surface area contributed by atoms with Gasteiger partial charge < -0.3 is 4.42 Å². The second-order valence-electron chi connectivity index (χ2n) is 6.73. The first kappa shape index (κ1) is 14.3. The van der Waals surface area contributed by atoms with E-state index in [2.05, 4.69) is 85.8 Å². The molecule has 0 fully saturated rings. The molecule has 0 aliphatic heterocycles. The van der Waals surface area contributed by atoms with Crippen LogP contribution >= 0.6 is 0 Å². The average Bonchev–Trinajstić information content (AvgIpc) is 3.02. The minimum Gasteiger partial charge on any atom is -0.455 e. The van der Waals surface area contributed by atoms with Gasteiger partial charge in [0.1, 0.15) is 11.2 Å². The van der Waals surface area contributed by atoms with Crippen molar-refractivity contribution >= 4 is 32.7 Å². The number of para-hydroxylation sites is 1. The lowest BCUT2D eigenvalue weighted by Crippen LogP contribution is -1.89. The van der Waals surface area contributed by atoms with Gasteiger partial charge in [-0.2, -0.15) is 0 Å². The molecule has 1 heteroatoms. The topological polar surface area (TPSA) is 13.1 Å². The van der Waals surface area contributed by atoms with Crippen LogP contribution < -0.4 is 0 Å². The van der Waals surface area contributed by atoms with Crippen LogP contribution in [-0.4, -0.2) is 0 Å². The summed E-state index contributed by atoms with van der Waals surface area (Å²) < 4.78 is 6.40. The fraction of sp³-hybridized carbons (Fsp3) is 0.0833. The van der Waals surface area contributed by atoms with Gasteiger partial charge >= 0.3 is 0 Å². The second-order valence-corrected chi connectivity index (χ2v) is 6.73. The molecule has 0 aliphatic carbocycles. The van der Waals surface area contributed by atoms with Crippen molar-refractivity contribution in [3.63, 3.8) is 0 Å². The van der Waals surface area contributed by atoms with Gasteiger partial charge in [-0.05, 0) is 29.5 Å². The number of benzene rings is 4. The number of hydrogen-bond donors (Lipinski definition) is 0. The molecule has 0 bridgehead atoms. The van der Waals surface area contributed by atoms with E-state index < -0.39 is 0 Å². The summed E-state index contributed by atoms with van der Waals surface area (Å²) in [5, 5.41) is 4.79. The maximum Gasteiger partial charge on any atom is 0.143 e. The summed E-state index contributed by atoms with van der Waals surface area (Å²) >= 11 is 0. The molecule has 120 valence electrons. The lowest BCUT2D eigenvalue weighted by Gasteiger charge is -2.04. The Bertz CT molecular complexity index is 1230. The SMILES string of the molecule is Cc1cccc(Cc2cccc3c2oc2c4ccccc4ccc32)c1. The molecular formula is C24H18O. The quantitative estimate of drug-likeness (QED) is 0.355. The molecule has 4 aromatic carbocycles. The second kappa shape index (κ2) is 5.49. The van der Waals surface area contributed by atoms with Crippen LogP contribution in [0.5, 0.6) is 0 Å². The van der Waals surface area contributed by atoms with Crippen LogP contribution in [0.4, 0.5) is 0 Å². The number of furan rings is 1. The molecule has 25 heavy (non-hydrogen) atoms. The van der Waals surface area contributed by atoms with Gasteiger partial charge in [0.05, 0.1) is 0 Å². The fourth-order valence-corrected chi connectivity index (χ4v) is 3.77. The Morgan fingerprint density at radius 2 is 1.48 bits per heavy atom. The van der Waals surface area contributed by atoms with Gasteiger partial charge in [0, 0.05) is 22.6 Å². The molecule has 5 aromatic rings. The summed E-state index contributed by atoms with van der Waals surface area (Å²) in [7, 11) is 0. The summed E-state index contributed by atoms with van der Waals surface area (Å²) in [4.78, 5) is 0. The summed E-state index contributed by atoms with van der Waals surface area (Å²) in [6, 6.07) is 27.9. The van der Waals surface area contributed by atoms with E-state index >= 15 is 0 Å². The summed E-state index contributed by atoms with van der Waals surface area (Å²) in [6.07, 6.45) is 0.886. The third kappa shape index (κ3) is 2.32. The van der Waals surface area contributed by atoms with E-state index in [0.717, 1.165) is 17.6 Å². The number of aryl methyl sites for hydroxylation is 1. The molecule has 0 saturated heterocycles. The number of rotatable bonds is 2. The van der Waals surface area contributed by atoms with Crippen molar-refractivity contribution in [2.24, 2.45) is 0 Å². The molecule has 0 spiro atoms. The summed E-state index contributed by atoms with van der Waals surface area (Å²) in [5.74, 6) is 0. The molecule has 0 saturated carbocycles. The van der Waals surface area contributed by atoms with Gasteiger partial charge in [0.2, 0.25) is 0 Å². The van der Waals surface area contributed by atoms with Crippen LogP contribution in [0.2, 0.25) is 0 Å². The van der Waals surface area contributed by atoms with E-state index in [4.69, 9.17) is 4.42 Å². The Kier molecular flexibility index (Phi) is 3.14. The smallest absolute Gasteiger partial charge is 0.143 e. The van der Waals surface area contributed by atoms with Gasteiger partial charge in [0.15, 0.2) is 0 Å². The highest BCUT2D eigenvalue weighted by Gasteiger charge is 2.13. The number of fused-ring (bicyclic) bond motifs is 5. The Labute approximate surface area is 146 Å². The lowest BCUT2D eigenvalue weighted by atomic mass is 10.0. The van der Waals surface area contributed by atoms with Crippen LogP contribution in [0.1, 0.15) is 16.7 Å². The van der Waals surface area contributed by atoms with Crippen LogP contribution in [-0.2, 0) is 6.42 Å². The van der Waals surface area contributed by atoms with Crippen LogP contribution in [0.25, 0.3) is 32.7 Å². The van der Waals surface area contributed by atoms with Crippen molar-refractivity contribution in [2.45, 2.75) is 13.3 Å². The van der Waals surface area contributed by atoms with Crippen molar-refractivity contribution in [3.05, 3.63) is 95.6 Å². The van der Waals surface area contributed by atoms with E-state index in [1.165, 1.54) is 38.2 Å². The van der Waals surface area contributed by atoms with Crippen molar-refractivity contribution in [1.82, 2.24) is 0 Å². The predicted molar refractivity (Wildman–Crippen MR) is 105 cm³/mol. The molecule has 1 aromatic heterocycles. The molecule has 0 radical (unpaired) electrons. The predicted octanol–water partition coefficient (Wildman–Crippen LogP) is 6.64. The fourth-order valence-electron chi connectivity index (χ4n) is 3.77. The minimum atomic E-state index is 0.886. The molecule has 0 amide bonds. The van der Waals surface area contributed by atoms with Gasteiger partial charge in [-0.3, -0.25) is 0 Å². The third-order valence-corrected chi connectivity index (χ3v) is 4.95. The first-order valence-electron chi connectivity index (χ1n) is 8.67. The third-order valence-electron chi connectivity index (χ3n) is 4.95. The molecule has 5 rings (SSSR count). The first-order valence-corrected chi connectivity index (χ1v) is 8.67. The Balaban J connectivity index is 1.76. The van der Waals surface area contributed by atoms with Crippen molar-refractivity contribution in [2.75, 3.05) is 0 Å².